The highest BCUT2D eigenvalue weighted by Crippen LogP contribution is 2.16. The molecule has 104 valence electrons. The Hall–Kier alpha value is -2.33. The monoisotopic (exact) mass is 290 g/mol. The van der Waals surface area contributed by atoms with Crippen molar-refractivity contribution in [2.75, 3.05) is 4.72 Å². The van der Waals surface area contributed by atoms with Crippen LogP contribution in [0, 0.1) is 18.3 Å². The summed E-state index contributed by atoms with van der Waals surface area (Å²) in [7, 11) is -1.78. The molecular weight excluding hydrogens is 276 g/mol. The highest BCUT2D eigenvalue weighted by Gasteiger charge is 2.14. The van der Waals surface area contributed by atoms with E-state index in [1.165, 1.54) is 0 Å². The van der Waals surface area contributed by atoms with Crippen molar-refractivity contribution in [1.29, 1.82) is 5.26 Å². The Morgan fingerprint density at radius 2 is 2.00 bits per heavy atom. The van der Waals surface area contributed by atoms with Gasteiger partial charge in [-0.3, -0.25) is 9.40 Å². The smallest absolute Gasteiger partial charge is 0.237 e. The zero-order valence-electron chi connectivity index (χ0n) is 11.2. The van der Waals surface area contributed by atoms with Gasteiger partial charge in [0, 0.05) is 13.2 Å². The van der Waals surface area contributed by atoms with Gasteiger partial charge in [0.1, 0.15) is 0 Å². The molecule has 6 nitrogen and oxygen atoms in total. The molecule has 2 aromatic rings. The van der Waals surface area contributed by atoms with E-state index in [9.17, 15) is 8.42 Å². The predicted molar refractivity (Wildman–Crippen MR) is 75.3 cm³/mol. The van der Waals surface area contributed by atoms with Gasteiger partial charge in [0.05, 0.1) is 28.8 Å². The average Bonchev–Trinajstić information content (AvgIpc) is 2.67. The number of rotatable bonds is 4. The molecule has 0 atom stereocenters. The third kappa shape index (κ3) is 3.36. The van der Waals surface area contributed by atoms with Gasteiger partial charge in [-0.15, -0.1) is 0 Å². The van der Waals surface area contributed by atoms with E-state index in [2.05, 4.69) is 9.82 Å². The second kappa shape index (κ2) is 5.35. The normalized spacial score (nSPS) is 11.1. The van der Waals surface area contributed by atoms with Crippen LogP contribution >= 0.6 is 0 Å². The molecule has 0 spiro atoms. The fourth-order valence-corrected chi connectivity index (χ4v) is 3.04. The lowest BCUT2D eigenvalue weighted by molar-refractivity contribution is 0.600. The first-order valence-corrected chi connectivity index (χ1v) is 7.54. The standard InChI is InChI=1S/C13H14N4O2S/c1-10-13(8-17(2)15-10)16-20(18,19)9-12-5-3-11(7-14)4-6-12/h3-6,8,16H,9H2,1-2H3. The van der Waals surface area contributed by atoms with Crippen LogP contribution < -0.4 is 4.72 Å². The molecule has 2 rings (SSSR count). The number of benzene rings is 1. The Morgan fingerprint density at radius 1 is 1.35 bits per heavy atom. The van der Waals surface area contributed by atoms with Crippen molar-refractivity contribution in [3.05, 3.63) is 47.3 Å². The molecule has 1 heterocycles. The molecule has 0 aliphatic rings. The molecule has 0 bridgehead atoms. The number of hydrogen-bond acceptors (Lipinski definition) is 4. The lowest BCUT2D eigenvalue weighted by atomic mass is 10.2. The van der Waals surface area contributed by atoms with Crippen LogP contribution in [-0.2, 0) is 22.8 Å². The van der Waals surface area contributed by atoms with Crippen LogP contribution in [0.2, 0.25) is 0 Å². The van der Waals surface area contributed by atoms with Gasteiger partial charge in [0.15, 0.2) is 0 Å². The van der Waals surface area contributed by atoms with Crippen LogP contribution in [0.15, 0.2) is 30.5 Å². The van der Waals surface area contributed by atoms with E-state index in [0.29, 0.717) is 22.5 Å². The molecule has 0 saturated heterocycles. The Labute approximate surface area is 117 Å². The van der Waals surface area contributed by atoms with Gasteiger partial charge in [0.2, 0.25) is 10.0 Å². The largest absolute Gasteiger partial charge is 0.280 e. The zero-order chi connectivity index (χ0) is 14.8. The van der Waals surface area contributed by atoms with Crippen LogP contribution in [0.4, 0.5) is 5.69 Å². The van der Waals surface area contributed by atoms with E-state index >= 15 is 0 Å². The number of sulfonamides is 1. The predicted octanol–water partition coefficient (Wildman–Crippen LogP) is 1.54. The third-order valence-corrected chi connectivity index (χ3v) is 3.96. The average molecular weight is 290 g/mol. The molecule has 20 heavy (non-hydrogen) atoms. The second-order valence-electron chi connectivity index (χ2n) is 4.47. The summed E-state index contributed by atoms with van der Waals surface area (Å²) in [6.45, 7) is 1.74. The zero-order valence-corrected chi connectivity index (χ0v) is 12.0. The van der Waals surface area contributed by atoms with Gasteiger partial charge >= 0.3 is 0 Å². The summed E-state index contributed by atoms with van der Waals surface area (Å²) in [5, 5.41) is 12.8. The molecule has 0 unspecified atom stereocenters. The van der Waals surface area contributed by atoms with Gasteiger partial charge < -0.3 is 0 Å². The number of nitrogens with zero attached hydrogens (tertiary/aromatic N) is 3. The van der Waals surface area contributed by atoms with E-state index < -0.39 is 10.0 Å². The SMILES string of the molecule is Cc1nn(C)cc1NS(=O)(=O)Cc1ccc(C#N)cc1. The topological polar surface area (TPSA) is 87.8 Å². The van der Waals surface area contributed by atoms with E-state index in [1.54, 1.807) is 49.1 Å². The first-order chi connectivity index (χ1) is 9.39. The highest BCUT2D eigenvalue weighted by molar-refractivity contribution is 7.91. The molecule has 1 aromatic heterocycles. The summed E-state index contributed by atoms with van der Waals surface area (Å²) in [4.78, 5) is 0. The van der Waals surface area contributed by atoms with Crippen molar-refractivity contribution in [1.82, 2.24) is 9.78 Å². The van der Waals surface area contributed by atoms with Crippen molar-refractivity contribution >= 4 is 15.7 Å². The minimum absolute atomic E-state index is 0.146. The van der Waals surface area contributed by atoms with Gasteiger partial charge in [0.25, 0.3) is 0 Å². The van der Waals surface area contributed by atoms with E-state index in [0.717, 1.165) is 0 Å². The summed E-state index contributed by atoms with van der Waals surface area (Å²) < 4.78 is 28.2. The highest BCUT2D eigenvalue weighted by atomic mass is 32.2. The summed E-state index contributed by atoms with van der Waals surface area (Å²) in [5.41, 5.74) is 2.22. The summed E-state index contributed by atoms with van der Waals surface area (Å²) >= 11 is 0. The van der Waals surface area contributed by atoms with Crippen LogP contribution in [0.25, 0.3) is 0 Å². The molecule has 0 fully saturated rings. The van der Waals surface area contributed by atoms with Gasteiger partial charge in [-0.05, 0) is 24.6 Å². The quantitative estimate of drug-likeness (QED) is 0.925. The van der Waals surface area contributed by atoms with Crippen LogP contribution in [0.5, 0.6) is 0 Å². The summed E-state index contributed by atoms with van der Waals surface area (Å²) in [6, 6.07) is 8.45. The lowest BCUT2D eigenvalue weighted by Gasteiger charge is -2.06. The first kappa shape index (κ1) is 14.1. The Morgan fingerprint density at radius 3 is 2.50 bits per heavy atom. The number of hydrogen-bond donors (Lipinski definition) is 1. The van der Waals surface area contributed by atoms with Gasteiger partial charge in [-0.25, -0.2) is 8.42 Å². The summed E-state index contributed by atoms with van der Waals surface area (Å²) in [6.07, 6.45) is 1.62. The fourth-order valence-electron chi connectivity index (χ4n) is 1.80. The Bertz CT molecular complexity index is 755. The maximum atomic E-state index is 12.1. The van der Waals surface area contributed by atoms with Gasteiger partial charge in [-0.1, -0.05) is 12.1 Å². The maximum absolute atomic E-state index is 12.1. The number of aromatic nitrogens is 2. The maximum Gasteiger partial charge on any atom is 0.237 e. The Kier molecular flexibility index (Phi) is 3.77. The second-order valence-corrected chi connectivity index (χ2v) is 6.19. The number of aryl methyl sites for hydroxylation is 2. The van der Waals surface area contributed by atoms with Gasteiger partial charge in [-0.2, -0.15) is 10.4 Å². The van der Waals surface area contributed by atoms with Crippen LogP contribution in [0.3, 0.4) is 0 Å². The Balaban J connectivity index is 2.15. The molecule has 0 radical (unpaired) electrons. The van der Waals surface area contributed by atoms with Crippen molar-refractivity contribution in [3.8, 4) is 6.07 Å². The van der Waals surface area contributed by atoms with Crippen molar-refractivity contribution in [2.45, 2.75) is 12.7 Å². The summed E-state index contributed by atoms with van der Waals surface area (Å²) in [5.74, 6) is -0.146. The number of anilines is 1. The van der Waals surface area contributed by atoms with E-state index in [1.807, 2.05) is 6.07 Å². The van der Waals surface area contributed by atoms with E-state index in [-0.39, 0.29) is 5.75 Å². The molecule has 1 aromatic carbocycles. The van der Waals surface area contributed by atoms with Crippen molar-refractivity contribution < 1.29 is 8.42 Å². The van der Waals surface area contributed by atoms with E-state index in [4.69, 9.17) is 5.26 Å². The number of nitriles is 1. The first-order valence-electron chi connectivity index (χ1n) is 5.89. The fraction of sp³-hybridized carbons (Fsp3) is 0.231. The molecule has 0 aliphatic heterocycles. The number of nitrogens with one attached hydrogen (secondary N) is 1. The molecule has 0 amide bonds. The minimum Gasteiger partial charge on any atom is -0.280 e. The van der Waals surface area contributed by atoms with Crippen molar-refractivity contribution in [3.63, 3.8) is 0 Å². The van der Waals surface area contributed by atoms with Crippen molar-refractivity contribution in [2.24, 2.45) is 7.05 Å². The molecule has 7 heteroatoms. The molecular formula is C13H14N4O2S. The molecule has 0 aliphatic carbocycles. The van der Waals surface area contributed by atoms with Crippen LogP contribution in [-0.4, -0.2) is 18.2 Å². The lowest BCUT2D eigenvalue weighted by Crippen LogP contribution is -2.15. The molecule has 0 saturated carbocycles. The van der Waals surface area contributed by atoms with Crippen LogP contribution in [0.1, 0.15) is 16.8 Å². The minimum atomic E-state index is -3.50. The third-order valence-electron chi connectivity index (χ3n) is 2.72. The molecule has 1 N–H and O–H groups in total.